The summed E-state index contributed by atoms with van der Waals surface area (Å²) in [7, 11) is 0. The summed E-state index contributed by atoms with van der Waals surface area (Å²) in [6.45, 7) is -1.40. The Morgan fingerprint density at radius 3 is 2.58 bits per heavy atom. The monoisotopic (exact) mass is 270 g/mol. The largest absolute Gasteiger partial charge is 0.405 e. The number of hydrogen-bond acceptors (Lipinski definition) is 3. The molecule has 0 saturated heterocycles. The quantitative estimate of drug-likeness (QED) is 0.920. The number of halogens is 3. The fraction of sp³-hybridized carbons (Fsp3) is 0.182. The van der Waals surface area contributed by atoms with E-state index in [9.17, 15) is 18.0 Å². The van der Waals surface area contributed by atoms with Crippen molar-refractivity contribution in [2.45, 2.75) is 6.18 Å². The van der Waals surface area contributed by atoms with Crippen LogP contribution in [0.3, 0.4) is 0 Å². The molecule has 19 heavy (non-hydrogen) atoms. The van der Waals surface area contributed by atoms with E-state index in [1.165, 1.54) is 4.80 Å². The fourth-order valence-electron chi connectivity index (χ4n) is 1.32. The first-order valence-electron chi connectivity index (χ1n) is 5.28. The highest BCUT2D eigenvalue weighted by molar-refractivity contribution is 5.91. The highest BCUT2D eigenvalue weighted by Gasteiger charge is 2.28. The van der Waals surface area contributed by atoms with Gasteiger partial charge in [0.05, 0.1) is 11.9 Å². The first-order chi connectivity index (χ1) is 8.96. The zero-order valence-electron chi connectivity index (χ0n) is 9.55. The molecular formula is C11H9F3N4O. The second-order valence-corrected chi connectivity index (χ2v) is 3.65. The van der Waals surface area contributed by atoms with Crippen LogP contribution in [0.1, 0.15) is 10.5 Å². The standard InChI is InChI=1S/C11H9F3N4O/c12-11(13,14)7-15-10(19)9-6-16-18(17-9)8-4-2-1-3-5-8/h1-6H,7H2,(H,15,19). The number of para-hydroxylation sites is 1. The predicted molar refractivity (Wildman–Crippen MR) is 59.7 cm³/mol. The van der Waals surface area contributed by atoms with Crippen molar-refractivity contribution in [3.05, 3.63) is 42.2 Å². The van der Waals surface area contributed by atoms with Crippen LogP contribution < -0.4 is 5.32 Å². The summed E-state index contributed by atoms with van der Waals surface area (Å²) in [6, 6.07) is 8.71. The molecule has 1 heterocycles. The van der Waals surface area contributed by atoms with Gasteiger partial charge in [-0.1, -0.05) is 18.2 Å². The number of nitrogens with zero attached hydrogens (tertiary/aromatic N) is 3. The van der Waals surface area contributed by atoms with Crippen molar-refractivity contribution >= 4 is 5.91 Å². The number of hydrogen-bond donors (Lipinski definition) is 1. The van der Waals surface area contributed by atoms with Crippen molar-refractivity contribution in [1.29, 1.82) is 0 Å². The van der Waals surface area contributed by atoms with Gasteiger partial charge in [0.25, 0.3) is 5.91 Å². The summed E-state index contributed by atoms with van der Waals surface area (Å²) >= 11 is 0. The van der Waals surface area contributed by atoms with Gasteiger partial charge in [-0.3, -0.25) is 4.79 Å². The minimum Gasteiger partial charge on any atom is -0.341 e. The van der Waals surface area contributed by atoms with Crippen molar-refractivity contribution < 1.29 is 18.0 Å². The van der Waals surface area contributed by atoms with E-state index in [0.29, 0.717) is 5.69 Å². The molecule has 0 bridgehead atoms. The number of rotatable bonds is 3. The van der Waals surface area contributed by atoms with Gasteiger partial charge in [-0.2, -0.15) is 23.1 Å². The Kier molecular flexibility index (Phi) is 3.50. The molecule has 0 aliphatic heterocycles. The normalized spacial score (nSPS) is 11.3. The van der Waals surface area contributed by atoms with E-state index in [1.807, 2.05) is 0 Å². The number of alkyl halides is 3. The molecule has 0 saturated carbocycles. The SMILES string of the molecule is O=C(NCC(F)(F)F)c1cnn(-c2ccccc2)n1. The molecular weight excluding hydrogens is 261 g/mol. The molecule has 5 nitrogen and oxygen atoms in total. The number of carbonyl (C=O) groups is 1. The average molecular weight is 270 g/mol. The summed E-state index contributed by atoms with van der Waals surface area (Å²) < 4.78 is 35.8. The lowest BCUT2D eigenvalue weighted by Crippen LogP contribution is -2.33. The fourth-order valence-corrected chi connectivity index (χ4v) is 1.32. The van der Waals surface area contributed by atoms with Crippen LogP contribution in [0, 0.1) is 0 Å². The lowest BCUT2D eigenvalue weighted by molar-refractivity contribution is -0.123. The van der Waals surface area contributed by atoms with Crippen LogP contribution in [-0.4, -0.2) is 33.6 Å². The molecule has 1 aromatic carbocycles. The van der Waals surface area contributed by atoms with Gasteiger partial charge in [0, 0.05) is 0 Å². The predicted octanol–water partition coefficient (Wildman–Crippen LogP) is 1.56. The number of carbonyl (C=O) groups excluding carboxylic acids is 1. The zero-order valence-corrected chi connectivity index (χ0v) is 9.55. The zero-order chi connectivity index (χ0) is 13.9. The van der Waals surface area contributed by atoms with Gasteiger partial charge in [0.15, 0.2) is 5.69 Å². The second-order valence-electron chi connectivity index (χ2n) is 3.65. The minimum absolute atomic E-state index is 0.173. The van der Waals surface area contributed by atoms with E-state index < -0.39 is 18.6 Å². The number of benzene rings is 1. The summed E-state index contributed by atoms with van der Waals surface area (Å²) in [5, 5.41) is 9.35. The van der Waals surface area contributed by atoms with Crippen LogP contribution >= 0.6 is 0 Å². The van der Waals surface area contributed by atoms with Gasteiger partial charge < -0.3 is 5.32 Å². The summed E-state index contributed by atoms with van der Waals surface area (Å²) in [5.74, 6) is -0.917. The number of amides is 1. The lowest BCUT2D eigenvalue weighted by Gasteiger charge is -2.06. The van der Waals surface area contributed by atoms with Crippen LogP contribution in [0.2, 0.25) is 0 Å². The van der Waals surface area contributed by atoms with E-state index in [2.05, 4.69) is 10.2 Å². The maximum absolute atomic E-state index is 11.9. The van der Waals surface area contributed by atoms with Crippen molar-refractivity contribution in [2.75, 3.05) is 6.54 Å². The molecule has 0 fully saturated rings. The number of aromatic nitrogens is 3. The molecule has 1 aromatic heterocycles. The third-order valence-corrected chi connectivity index (χ3v) is 2.16. The van der Waals surface area contributed by atoms with Crippen molar-refractivity contribution in [2.24, 2.45) is 0 Å². The molecule has 0 aliphatic carbocycles. The molecule has 2 aromatic rings. The Labute approximate surface area is 106 Å². The van der Waals surface area contributed by atoms with Crippen molar-refractivity contribution in [3.8, 4) is 5.69 Å². The first kappa shape index (κ1) is 13.1. The van der Waals surface area contributed by atoms with Crippen LogP contribution in [0.5, 0.6) is 0 Å². The molecule has 8 heteroatoms. The van der Waals surface area contributed by atoms with E-state index in [4.69, 9.17) is 0 Å². The smallest absolute Gasteiger partial charge is 0.341 e. The van der Waals surface area contributed by atoms with Crippen LogP contribution in [0.15, 0.2) is 36.5 Å². The third-order valence-electron chi connectivity index (χ3n) is 2.16. The maximum Gasteiger partial charge on any atom is 0.405 e. The van der Waals surface area contributed by atoms with Gasteiger partial charge in [0.1, 0.15) is 6.54 Å². The highest BCUT2D eigenvalue weighted by atomic mass is 19.4. The molecule has 1 amide bonds. The van der Waals surface area contributed by atoms with Crippen molar-refractivity contribution in [1.82, 2.24) is 20.3 Å². The molecule has 2 rings (SSSR count). The van der Waals surface area contributed by atoms with Gasteiger partial charge >= 0.3 is 6.18 Å². The summed E-state index contributed by atoms with van der Waals surface area (Å²) in [6.07, 6.45) is -3.34. The minimum atomic E-state index is -4.45. The van der Waals surface area contributed by atoms with Crippen LogP contribution in [-0.2, 0) is 0 Å². The summed E-state index contributed by atoms with van der Waals surface area (Å²) in [4.78, 5) is 12.6. The molecule has 0 aliphatic rings. The van der Waals surface area contributed by atoms with E-state index in [-0.39, 0.29) is 5.69 Å². The van der Waals surface area contributed by atoms with Gasteiger partial charge in [-0.05, 0) is 12.1 Å². The van der Waals surface area contributed by atoms with Crippen LogP contribution in [0.25, 0.3) is 5.69 Å². The van der Waals surface area contributed by atoms with E-state index in [1.54, 1.807) is 35.6 Å². The van der Waals surface area contributed by atoms with E-state index >= 15 is 0 Å². The second kappa shape index (κ2) is 5.09. The number of nitrogens with one attached hydrogen (secondary N) is 1. The molecule has 0 unspecified atom stereocenters. The topological polar surface area (TPSA) is 59.8 Å². The Hall–Kier alpha value is -2.38. The first-order valence-corrected chi connectivity index (χ1v) is 5.28. The molecule has 0 atom stereocenters. The Bertz CT molecular complexity index is 565. The van der Waals surface area contributed by atoms with Gasteiger partial charge in [0.2, 0.25) is 0 Å². The van der Waals surface area contributed by atoms with Crippen molar-refractivity contribution in [3.63, 3.8) is 0 Å². The maximum atomic E-state index is 11.9. The Morgan fingerprint density at radius 1 is 1.26 bits per heavy atom. The lowest BCUT2D eigenvalue weighted by atomic mass is 10.3. The highest BCUT2D eigenvalue weighted by Crippen LogP contribution is 2.12. The van der Waals surface area contributed by atoms with Gasteiger partial charge in [-0.25, -0.2) is 0 Å². The molecule has 1 N–H and O–H groups in total. The Morgan fingerprint density at radius 2 is 1.95 bits per heavy atom. The summed E-state index contributed by atoms with van der Waals surface area (Å²) in [5.41, 5.74) is 0.436. The molecule has 100 valence electrons. The molecule has 0 spiro atoms. The molecule has 0 radical (unpaired) electrons. The van der Waals surface area contributed by atoms with Gasteiger partial charge in [-0.15, -0.1) is 5.10 Å². The average Bonchev–Trinajstić information content (AvgIpc) is 2.86. The third kappa shape index (κ3) is 3.54. The van der Waals surface area contributed by atoms with E-state index in [0.717, 1.165) is 6.20 Å². The Balaban J connectivity index is 2.07. The van der Waals surface area contributed by atoms with Crippen LogP contribution in [0.4, 0.5) is 13.2 Å².